The van der Waals surface area contributed by atoms with E-state index in [9.17, 15) is 4.79 Å². The van der Waals surface area contributed by atoms with Crippen LogP contribution in [0.4, 0.5) is 0 Å². The number of fused-ring (bicyclic) bond motifs is 1. The van der Waals surface area contributed by atoms with Gasteiger partial charge in [0.15, 0.2) is 11.5 Å². The summed E-state index contributed by atoms with van der Waals surface area (Å²) in [6.45, 7) is 2.98. The SMILES string of the molecule is O=C(NC1CCCNC1)c1ccc2c(c1)OCCO2. The molecule has 2 aliphatic heterocycles. The maximum Gasteiger partial charge on any atom is 0.251 e. The second kappa shape index (κ2) is 5.48. The standard InChI is InChI=1S/C14H18N2O3/c17-14(16-11-2-1-5-15-9-11)10-3-4-12-13(8-10)19-7-6-18-12/h3-4,8,11,15H,1-2,5-7,9H2,(H,16,17). The molecule has 2 heterocycles. The van der Waals surface area contributed by atoms with Crippen molar-refractivity contribution in [3.63, 3.8) is 0 Å². The summed E-state index contributed by atoms with van der Waals surface area (Å²) >= 11 is 0. The maximum absolute atomic E-state index is 12.2. The minimum atomic E-state index is -0.0503. The molecule has 0 radical (unpaired) electrons. The molecule has 3 rings (SSSR count). The van der Waals surface area contributed by atoms with Crippen LogP contribution in [0.15, 0.2) is 18.2 Å². The molecular weight excluding hydrogens is 244 g/mol. The summed E-state index contributed by atoms with van der Waals surface area (Å²) in [6.07, 6.45) is 2.13. The van der Waals surface area contributed by atoms with Crippen LogP contribution >= 0.6 is 0 Å². The zero-order valence-corrected chi connectivity index (χ0v) is 10.8. The van der Waals surface area contributed by atoms with Gasteiger partial charge in [0.1, 0.15) is 13.2 Å². The van der Waals surface area contributed by atoms with Gasteiger partial charge in [-0.2, -0.15) is 0 Å². The lowest BCUT2D eigenvalue weighted by Crippen LogP contribution is -2.45. The number of hydrogen-bond acceptors (Lipinski definition) is 4. The smallest absolute Gasteiger partial charge is 0.251 e. The molecule has 0 aliphatic carbocycles. The van der Waals surface area contributed by atoms with Gasteiger partial charge >= 0.3 is 0 Å². The predicted octanol–water partition coefficient (Wildman–Crippen LogP) is 0.940. The Kier molecular flexibility index (Phi) is 3.55. The van der Waals surface area contributed by atoms with E-state index in [4.69, 9.17) is 9.47 Å². The number of ether oxygens (including phenoxy) is 2. The molecule has 1 unspecified atom stereocenters. The summed E-state index contributed by atoms with van der Waals surface area (Å²) in [5.41, 5.74) is 0.620. The van der Waals surface area contributed by atoms with E-state index in [-0.39, 0.29) is 11.9 Å². The first-order valence-electron chi connectivity index (χ1n) is 6.74. The lowest BCUT2D eigenvalue weighted by molar-refractivity contribution is 0.0929. The van der Waals surface area contributed by atoms with Crippen LogP contribution in [0, 0.1) is 0 Å². The predicted molar refractivity (Wildman–Crippen MR) is 70.8 cm³/mol. The molecule has 1 atom stereocenters. The molecule has 1 fully saturated rings. The maximum atomic E-state index is 12.2. The minimum absolute atomic E-state index is 0.0503. The number of benzene rings is 1. The molecule has 1 aromatic rings. The summed E-state index contributed by atoms with van der Waals surface area (Å²) in [5, 5.41) is 6.33. The van der Waals surface area contributed by atoms with Gasteiger partial charge in [-0.05, 0) is 37.6 Å². The molecule has 5 heteroatoms. The fourth-order valence-corrected chi connectivity index (χ4v) is 2.43. The first kappa shape index (κ1) is 12.3. The molecule has 0 bridgehead atoms. The lowest BCUT2D eigenvalue weighted by Gasteiger charge is -2.24. The van der Waals surface area contributed by atoms with Crippen molar-refractivity contribution in [2.24, 2.45) is 0 Å². The van der Waals surface area contributed by atoms with E-state index < -0.39 is 0 Å². The molecular formula is C14H18N2O3. The van der Waals surface area contributed by atoms with Crippen LogP contribution in [0.2, 0.25) is 0 Å². The zero-order valence-electron chi connectivity index (χ0n) is 10.8. The van der Waals surface area contributed by atoms with Crippen molar-refractivity contribution < 1.29 is 14.3 Å². The Morgan fingerprint density at radius 2 is 2.11 bits per heavy atom. The van der Waals surface area contributed by atoms with Crippen molar-refractivity contribution >= 4 is 5.91 Å². The highest BCUT2D eigenvalue weighted by Gasteiger charge is 2.18. The van der Waals surface area contributed by atoms with E-state index in [0.717, 1.165) is 25.9 Å². The summed E-state index contributed by atoms with van der Waals surface area (Å²) in [5.74, 6) is 1.31. The molecule has 0 aromatic heterocycles. The van der Waals surface area contributed by atoms with E-state index in [1.54, 1.807) is 18.2 Å². The van der Waals surface area contributed by atoms with Gasteiger partial charge < -0.3 is 20.1 Å². The van der Waals surface area contributed by atoms with Gasteiger partial charge in [-0.3, -0.25) is 4.79 Å². The molecule has 5 nitrogen and oxygen atoms in total. The molecule has 1 amide bonds. The van der Waals surface area contributed by atoms with Crippen molar-refractivity contribution in [2.75, 3.05) is 26.3 Å². The second-order valence-corrected chi connectivity index (χ2v) is 4.88. The zero-order chi connectivity index (χ0) is 13.1. The number of piperidine rings is 1. The van der Waals surface area contributed by atoms with Crippen LogP contribution in [0.3, 0.4) is 0 Å². The summed E-state index contributed by atoms with van der Waals surface area (Å²) < 4.78 is 10.9. The van der Waals surface area contributed by atoms with E-state index in [1.807, 2.05) is 0 Å². The molecule has 102 valence electrons. The van der Waals surface area contributed by atoms with Crippen LogP contribution in [0.25, 0.3) is 0 Å². The highest BCUT2D eigenvalue weighted by Crippen LogP contribution is 2.30. The average molecular weight is 262 g/mol. The molecule has 2 aliphatic rings. The largest absolute Gasteiger partial charge is 0.486 e. The third-order valence-corrected chi connectivity index (χ3v) is 3.44. The molecule has 1 aromatic carbocycles. The van der Waals surface area contributed by atoms with Crippen LogP contribution in [-0.2, 0) is 0 Å². The number of rotatable bonds is 2. The highest BCUT2D eigenvalue weighted by molar-refractivity contribution is 5.95. The number of hydrogen-bond donors (Lipinski definition) is 2. The van der Waals surface area contributed by atoms with Gasteiger partial charge in [0.05, 0.1) is 0 Å². The van der Waals surface area contributed by atoms with Crippen LogP contribution < -0.4 is 20.1 Å². The fraction of sp³-hybridized carbons (Fsp3) is 0.500. The van der Waals surface area contributed by atoms with Gasteiger partial charge in [-0.1, -0.05) is 0 Å². The molecule has 19 heavy (non-hydrogen) atoms. The van der Waals surface area contributed by atoms with E-state index in [1.165, 1.54) is 0 Å². The number of carbonyl (C=O) groups is 1. The molecule has 0 spiro atoms. The van der Waals surface area contributed by atoms with Crippen molar-refractivity contribution in [2.45, 2.75) is 18.9 Å². The van der Waals surface area contributed by atoms with E-state index in [0.29, 0.717) is 30.3 Å². The number of carbonyl (C=O) groups excluding carboxylic acids is 1. The fourth-order valence-electron chi connectivity index (χ4n) is 2.43. The average Bonchev–Trinajstić information content (AvgIpc) is 2.48. The number of nitrogens with one attached hydrogen (secondary N) is 2. The first-order valence-corrected chi connectivity index (χ1v) is 6.74. The molecule has 2 N–H and O–H groups in total. The summed E-state index contributed by atoms with van der Waals surface area (Å²) in [4.78, 5) is 12.2. The molecule has 1 saturated heterocycles. The topological polar surface area (TPSA) is 59.6 Å². The Bertz CT molecular complexity index is 470. The Morgan fingerprint density at radius 1 is 1.26 bits per heavy atom. The minimum Gasteiger partial charge on any atom is -0.486 e. The van der Waals surface area contributed by atoms with Crippen LogP contribution in [-0.4, -0.2) is 38.3 Å². The monoisotopic (exact) mass is 262 g/mol. The van der Waals surface area contributed by atoms with Crippen molar-refractivity contribution in [1.82, 2.24) is 10.6 Å². The normalized spacial score (nSPS) is 21.8. The van der Waals surface area contributed by atoms with Gasteiger partial charge in [-0.15, -0.1) is 0 Å². The third kappa shape index (κ3) is 2.81. The molecule has 0 saturated carbocycles. The summed E-state index contributed by atoms with van der Waals surface area (Å²) in [6, 6.07) is 5.54. The lowest BCUT2D eigenvalue weighted by atomic mass is 10.1. The van der Waals surface area contributed by atoms with Gasteiger partial charge in [0.2, 0.25) is 0 Å². The van der Waals surface area contributed by atoms with Crippen LogP contribution in [0.1, 0.15) is 23.2 Å². The Balaban J connectivity index is 1.69. The van der Waals surface area contributed by atoms with Gasteiger partial charge in [0, 0.05) is 18.2 Å². The Hall–Kier alpha value is -1.75. The van der Waals surface area contributed by atoms with Crippen LogP contribution in [0.5, 0.6) is 11.5 Å². The number of amides is 1. The van der Waals surface area contributed by atoms with E-state index in [2.05, 4.69) is 10.6 Å². The van der Waals surface area contributed by atoms with Crippen molar-refractivity contribution in [3.8, 4) is 11.5 Å². The van der Waals surface area contributed by atoms with Crippen molar-refractivity contribution in [3.05, 3.63) is 23.8 Å². The van der Waals surface area contributed by atoms with E-state index >= 15 is 0 Å². The third-order valence-electron chi connectivity index (χ3n) is 3.44. The quantitative estimate of drug-likeness (QED) is 0.833. The highest BCUT2D eigenvalue weighted by atomic mass is 16.6. The van der Waals surface area contributed by atoms with Gasteiger partial charge in [-0.25, -0.2) is 0 Å². The summed E-state index contributed by atoms with van der Waals surface area (Å²) in [7, 11) is 0. The van der Waals surface area contributed by atoms with Crippen molar-refractivity contribution in [1.29, 1.82) is 0 Å². The Morgan fingerprint density at radius 3 is 2.89 bits per heavy atom. The second-order valence-electron chi connectivity index (χ2n) is 4.88. The van der Waals surface area contributed by atoms with Gasteiger partial charge in [0.25, 0.3) is 5.91 Å². The first-order chi connectivity index (χ1) is 9.33. The Labute approximate surface area is 112 Å².